The molecule has 2 saturated heterocycles. The van der Waals surface area contributed by atoms with Crippen LogP contribution in [0.3, 0.4) is 0 Å². The number of esters is 1. The monoisotopic (exact) mass is 295 g/mol. The molecule has 0 aromatic rings. The number of carbonyl (C=O) groups excluding carboxylic acids is 1. The van der Waals surface area contributed by atoms with Crippen molar-refractivity contribution in [1.82, 2.24) is 5.06 Å². The summed E-state index contributed by atoms with van der Waals surface area (Å²) in [5.41, 5.74) is -0.449. The van der Waals surface area contributed by atoms with Crippen molar-refractivity contribution in [3.05, 3.63) is 0 Å². The van der Waals surface area contributed by atoms with E-state index in [0.717, 1.165) is 0 Å². The molecule has 0 aromatic heterocycles. The van der Waals surface area contributed by atoms with E-state index in [1.807, 2.05) is 5.06 Å². The molecule has 2 saturated carbocycles. The number of rotatable bonds is 1. The summed E-state index contributed by atoms with van der Waals surface area (Å²) < 4.78 is 11.3. The van der Waals surface area contributed by atoms with Crippen molar-refractivity contribution in [2.45, 2.75) is 70.9 Å². The van der Waals surface area contributed by atoms with Crippen LogP contribution >= 0.6 is 0 Å². The number of carbonyl (C=O) groups is 1. The average molecular weight is 295 g/mol. The predicted octanol–water partition coefficient (Wildman–Crippen LogP) is 2.10. The van der Waals surface area contributed by atoms with E-state index in [2.05, 4.69) is 20.8 Å². The molecule has 2 heterocycles. The molecule has 0 amide bonds. The van der Waals surface area contributed by atoms with Crippen molar-refractivity contribution in [3.8, 4) is 0 Å². The molecule has 4 fully saturated rings. The summed E-state index contributed by atoms with van der Waals surface area (Å²) in [6.45, 7) is 8.88. The molecule has 5 nitrogen and oxygen atoms in total. The van der Waals surface area contributed by atoms with Crippen LogP contribution in [0.2, 0.25) is 0 Å². The van der Waals surface area contributed by atoms with Gasteiger partial charge in [0.05, 0.1) is 19.3 Å². The minimum absolute atomic E-state index is 0.111. The first kappa shape index (κ1) is 14.0. The number of hydrogen-bond acceptors (Lipinski definition) is 5. The van der Waals surface area contributed by atoms with Crippen LogP contribution in [0.4, 0.5) is 0 Å². The van der Waals surface area contributed by atoms with E-state index in [9.17, 15) is 4.79 Å². The largest absolute Gasteiger partial charge is 0.467 e. The minimum Gasteiger partial charge on any atom is -0.467 e. The van der Waals surface area contributed by atoms with Gasteiger partial charge < -0.3 is 9.47 Å². The lowest BCUT2D eigenvalue weighted by Gasteiger charge is -2.38. The third kappa shape index (κ3) is 1.41. The molecule has 4 rings (SSSR count). The van der Waals surface area contributed by atoms with Crippen LogP contribution in [0, 0.1) is 16.7 Å². The fourth-order valence-electron chi connectivity index (χ4n) is 5.42. The maximum Gasteiger partial charge on any atom is 0.340 e. The van der Waals surface area contributed by atoms with Crippen LogP contribution in [0.5, 0.6) is 0 Å². The summed E-state index contributed by atoms with van der Waals surface area (Å²) in [6.07, 6.45) is 3.10. The van der Waals surface area contributed by atoms with Gasteiger partial charge in [0.25, 0.3) is 0 Å². The van der Waals surface area contributed by atoms with E-state index in [0.29, 0.717) is 12.3 Å². The Kier molecular flexibility index (Phi) is 2.54. The topological polar surface area (TPSA) is 48.0 Å². The van der Waals surface area contributed by atoms with Gasteiger partial charge in [0, 0.05) is 11.8 Å². The first-order chi connectivity index (χ1) is 9.74. The molecule has 5 heteroatoms. The maximum atomic E-state index is 12.0. The first-order valence-corrected chi connectivity index (χ1v) is 7.96. The fraction of sp³-hybridized carbons (Fsp3) is 0.938. The fourth-order valence-corrected chi connectivity index (χ4v) is 5.42. The molecule has 118 valence electrons. The highest BCUT2D eigenvalue weighted by Gasteiger charge is 2.73. The van der Waals surface area contributed by atoms with Gasteiger partial charge in [-0.15, -0.1) is 0 Å². The van der Waals surface area contributed by atoms with Gasteiger partial charge in [0.15, 0.2) is 5.60 Å². The van der Waals surface area contributed by atoms with Crippen molar-refractivity contribution in [3.63, 3.8) is 0 Å². The highest BCUT2D eigenvalue weighted by molar-refractivity contribution is 5.79. The number of ether oxygens (including phenoxy) is 2. The van der Waals surface area contributed by atoms with Gasteiger partial charge in [0.2, 0.25) is 0 Å². The lowest BCUT2D eigenvalue weighted by molar-refractivity contribution is -0.232. The Labute approximate surface area is 125 Å². The summed E-state index contributed by atoms with van der Waals surface area (Å²) in [4.78, 5) is 18.0. The molecule has 0 spiro atoms. The molecule has 2 aliphatic heterocycles. The van der Waals surface area contributed by atoms with E-state index in [-0.39, 0.29) is 35.2 Å². The van der Waals surface area contributed by atoms with Gasteiger partial charge in [-0.05, 0) is 31.1 Å². The molecular weight excluding hydrogens is 270 g/mol. The zero-order valence-electron chi connectivity index (χ0n) is 13.5. The summed E-state index contributed by atoms with van der Waals surface area (Å²) in [6, 6.07) is 0.273. The molecule has 0 radical (unpaired) electrons. The SMILES string of the molecule is COC(=O)C1(C)CC2O[C@@H]3C(C4CCC3(C)C4(C)C)N2O1. The van der Waals surface area contributed by atoms with Gasteiger partial charge in [-0.1, -0.05) is 20.8 Å². The first-order valence-electron chi connectivity index (χ1n) is 7.96. The Balaban J connectivity index is 1.65. The lowest BCUT2D eigenvalue weighted by atomic mass is 9.70. The quantitative estimate of drug-likeness (QED) is 0.693. The second kappa shape index (κ2) is 3.81. The smallest absolute Gasteiger partial charge is 0.340 e. The Morgan fingerprint density at radius 3 is 2.67 bits per heavy atom. The predicted molar refractivity (Wildman–Crippen MR) is 75.0 cm³/mol. The molecule has 0 N–H and O–H groups in total. The van der Waals surface area contributed by atoms with Gasteiger partial charge in [-0.3, -0.25) is 4.84 Å². The second-order valence-electron chi connectivity index (χ2n) is 8.16. The normalized spacial score (nSPS) is 53.8. The van der Waals surface area contributed by atoms with Crippen LogP contribution in [0.1, 0.15) is 47.0 Å². The number of hydroxylamine groups is 2. The van der Waals surface area contributed by atoms with E-state index in [4.69, 9.17) is 14.3 Å². The van der Waals surface area contributed by atoms with Crippen molar-refractivity contribution < 1.29 is 19.1 Å². The Morgan fingerprint density at radius 1 is 1.29 bits per heavy atom. The zero-order valence-corrected chi connectivity index (χ0v) is 13.5. The van der Waals surface area contributed by atoms with Crippen LogP contribution in [-0.4, -0.2) is 42.1 Å². The highest BCUT2D eigenvalue weighted by Crippen LogP contribution is 2.70. The van der Waals surface area contributed by atoms with Crippen LogP contribution in [-0.2, 0) is 19.1 Å². The maximum absolute atomic E-state index is 12.0. The Hall–Kier alpha value is -0.650. The Bertz CT molecular complexity index is 507. The van der Waals surface area contributed by atoms with E-state index >= 15 is 0 Å². The standard InChI is InChI=1S/C16H25NO4/c1-14(2)9-6-7-15(14,3)12-11(9)17-10(20-12)8-16(4,21-17)13(18)19-5/h9-12H,6-8H2,1-5H3/t9?,10?,11?,12-,15?,16?/m1/s1. The third-order valence-corrected chi connectivity index (χ3v) is 7.09. The Morgan fingerprint density at radius 2 is 2.00 bits per heavy atom. The molecule has 5 unspecified atom stereocenters. The van der Waals surface area contributed by atoms with Gasteiger partial charge in [-0.25, -0.2) is 4.79 Å². The second-order valence-corrected chi connectivity index (χ2v) is 8.16. The van der Waals surface area contributed by atoms with E-state index in [1.165, 1.54) is 20.0 Å². The summed E-state index contributed by atoms with van der Waals surface area (Å²) in [7, 11) is 1.41. The summed E-state index contributed by atoms with van der Waals surface area (Å²) in [5, 5.41) is 1.98. The van der Waals surface area contributed by atoms with Crippen molar-refractivity contribution in [2.24, 2.45) is 16.7 Å². The van der Waals surface area contributed by atoms with Gasteiger partial charge in [-0.2, -0.15) is 5.06 Å². The summed E-state index contributed by atoms with van der Waals surface area (Å²) in [5.74, 6) is 0.253. The molecule has 4 aliphatic rings. The summed E-state index contributed by atoms with van der Waals surface area (Å²) >= 11 is 0. The van der Waals surface area contributed by atoms with Crippen LogP contribution in [0.25, 0.3) is 0 Å². The molecule has 2 aliphatic carbocycles. The van der Waals surface area contributed by atoms with Crippen molar-refractivity contribution in [1.29, 1.82) is 0 Å². The average Bonchev–Trinajstić information content (AvgIpc) is 3.03. The van der Waals surface area contributed by atoms with Crippen molar-refractivity contribution >= 4 is 5.97 Å². The van der Waals surface area contributed by atoms with E-state index in [1.54, 1.807) is 6.92 Å². The van der Waals surface area contributed by atoms with Crippen LogP contribution < -0.4 is 0 Å². The van der Waals surface area contributed by atoms with E-state index < -0.39 is 5.60 Å². The molecule has 0 aromatic carbocycles. The van der Waals surface area contributed by atoms with Gasteiger partial charge in [0.1, 0.15) is 6.23 Å². The molecule has 6 atom stereocenters. The number of fused-ring (bicyclic) bond motifs is 7. The number of hydrogen-bond donors (Lipinski definition) is 0. The molecular formula is C16H25NO4. The van der Waals surface area contributed by atoms with Crippen LogP contribution in [0.15, 0.2) is 0 Å². The molecule has 21 heavy (non-hydrogen) atoms. The number of nitrogens with zero attached hydrogens (tertiary/aromatic N) is 1. The van der Waals surface area contributed by atoms with Crippen molar-refractivity contribution in [2.75, 3.05) is 7.11 Å². The van der Waals surface area contributed by atoms with Gasteiger partial charge >= 0.3 is 5.97 Å². The highest BCUT2D eigenvalue weighted by atomic mass is 16.8. The lowest BCUT2D eigenvalue weighted by Crippen LogP contribution is -2.45. The third-order valence-electron chi connectivity index (χ3n) is 7.09. The number of methoxy groups -OCH3 is 1. The zero-order chi connectivity index (χ0) is 15.2. The molecule has 2 bridgehead atoms. The minimum atomic E-state index is -0.905.